The minimum atomic E-state index is -0.242. The second kappa shape index (κ2) is 9.33. The third-order valence-corrected chi connectivity index (χ3v) is 2.46. The summed E-state index contributed by atoms with van der Waals surface area (Å²) in [6.45, 7) is 8.00. The Balaban J connectivity index is 0.00000137. The van der Waals surface area contributed by atoms with Crippen LogP contribution in [0.3, 0.4) is 0 Å². The SMILES string of the molecule is CC.Cc1ccc(C(C)CCC(=O)NC=O)nc1. The lowest BCUT2D eigenvalue weighted by Crippen LogP contribution is -2.21. The molecule has 100 valence electrons. The van der Waals surface area contributed by atoms with Crippen LogP contribution in [0.25, 0.3) is 0 Å². The van der Waals surface area contributed by atoms with Crippen molar-refractivity contribution < 1.29 is 9.59 Å². The van der Waals surface area contributed by atoms with E-state index in [0.717, 1.165) is 11.3 Å². The number of amides is 2. The zero-order valence-corrected chi connectivity index (χ0v) is 11.6. The number of hydrogen-bond donors (Lipinski definition) is 1. The second-order valence-electron chi connectivity index (χ2n) is 3.89. The molecule has 1 unspecified atom stereocenters. The molecule has 1 heterocycles. The van der Waals surface area contributed by atoms with Gasteiger partial charge >= 0.3 is 0 Å². The first kappa shape index (κ1) is 16.3. The second-order valence-corrected chi connectivity index (χ2v) is 3.89. The largest absolute Gasteiger partial charge is 0.299 e. The average molecular weight is 250 g/mol. The van der Waals surface area contributed by atoms with Crippen LogP contribution >= 0.6 is 0 Å². The number of aryl methyl sites for hydroxylation is 1. The molecule has 0 saturated carbocycles. The Morgan fingerprint density at radius 2 is 2.11 bits per heavy atom. The van der Waals surface area contributed by atoms with Gasteiger partial charge in [0.1, 0.15) is 0 Å². The quantitative estimate of drug-likeness (QED) is 0.817. The Bertz CT molecular complexity index is 361. The molecule has 4 nitrogen and oxygen atoms in total. The van der Waals surface area contributed by atoms with Crippen molar-refractivity contribution in [1.82, 2.24) is 10.3 Å². The maximum absolute atomic E-state index is 11.1. The molecule has 1 aromatic rings. The van der Waals surface area contributed by atoms with Gasteiger partial charge in [-0.3, -0.25) is 19.9 Å². The molecule has 4 heteroatoms. The maximum Gasteiger partial charge on any atom is 0.226 e. The highest BCUT2D eigenvalue weighted by atomic mass is 16.2. The van der Waals surface area contributed by atoms with E-state index in [9.17, 15) is 9.59 Å². The van der Waals surface area contributed by atoms with Crippen LogP contribution < -0.4 is 5.32 Å². The van der Waals surface area contributed by atoms with Crippen LogP contribution in [0.4, 0.5) is 0 Å². The minimum absolute atomic E-state index is 0.220. The van der Waals surface area contributed by atoms with Crippen LogP contribution in [-0.2, 0) is 9.59 Å². The summed E-state index contributed by atoms with van der Waals surface area (Å²) in [6.07, 6.45) is 3.26. The van der Waals surface area contributed by atoms with Crippen LogP contribution in [0.2, 0.25) is 0 Å². The Morgan fingerprint density at radius 3 is 2.61 bits per heavy atom. The number of aromatic nitrogens is 1. The van der Waals surface area contributed by atoms with Gasteiger partial charge in [0, 0.05) is 18.3 Å². The Kier molecular flexibility index (Phi) is 8.45. The highest BCUT2D eigenvalue weighted by molar-refractivity contribution is 5.85. The molecule has 2 amide bonds. The van der Waals surface area contributed by atoms with Crippen molar-refractivity contribution in [2.24, 2.45) is 0 Å². The molecule has 0 fully saturated rings. The molecule has 0 saturated heterocycles. The third-order valence-electron chi connectivity index (χ3n) is 2.46. The number of rotatable bonds is 5. The van der Waals surface area contributed by atoms with Gasteiger partial charge in [0.05, 0.1) is 0 Å². The summed E-state index contributed by atoms with van der Waals surface area (Å²) in [7, 11) is 0. The van der Waals surface area contributed by atoms with E-state index in [1.165, 1.54) is 0 Å². The van der Waals surface area contributed by atoms with Crippen molar-refractivity contribution in [2.75, 3.05) is 0 Å². The molecule has 0 aliphatic rings. The highest BCUT2D eigenvalue weighted by Crippen LogP contribution is 2.18. The molecule has 1 aromatic heterocycles. The van der Waals surface area contributed by atoms with Gasteiger partial charge in [-0.15, -0.1) is 0 Å². The zero-order valence-electron chi connectivity index (χ0n) is 11.6. The lowest BCUT2D eigenvalue weighted by Gasteiger charge is -2.09. The number of imide groups is 1. The number of carbonyl (C=O) groups excluding carboxylic acids is 2. The molecular weight excluding hydrogens is 228 g/mol. The predicted molar refractivity (Wildman–Crippen MR) is 72.2 cm³/mol. The van der Waals surface area contributed by atoms with Gasteiger partial charge in [-0.05, 0) is 30.9 Å². The van der Waals surface area contributed by atoms with Crippen LogP contribution in [0, 0.1) is 6.92 Å². The standard InChI is InChI=1S/C12H16N2O2.C2H6/c1-9-3-5-11(13-7-9)10(2)4-6-12(16)14-8-15;1-2/h3,5,7-8,10H,4,6H2,1-2H3,(H,14,15,16);1-2H3. The van der Waals surface area contributed by atoms with Crippen LogP contribution in [-0.4, -0.2) is 17.3 Å². The molecule has 0 aromatic carbocycles. The van der Waals surface area contributed by atoms with Crippen LogP contribution in [0.1, 0.15) is 50.8 Å². The van der Waals surface area contributed by atoms with Gasteiger partial charge in [-0.25, -0.2) is 0 Å². The molecule has 0 aliphatic heterocycles. The minimum Gasteiger partial charge on any atom is -0.299 e. The first-order valence-electron chi connectivity index (χ1n) is 6.29. The Labute approximate surface area is 109 Å². The monoisotopic (exact) mass is 250 g/mol. The molecule has 0 aliphatic carbocycles. The molecular formula is C14H22N2O2. The van der Waals surface area contributed by atoms with E-state index in [-0.39, 0.29) is 11.8 Å². The Hall–Kier alpha value is -1.71. The molecule has 0 spiro atoms. The van der Waals surface area contributed by atoms with Gasteiger partial charge in [-0.2, -0.15) is 0 Å². The van der Waals surface area contributed by atoms with Crippen LogP contribution in [0.15, 0.2) is 18.3 Å². The van der Waals surface area contributed by atoms with Crippen LogP contribution in [0.5, 0.6) is 0 Å². The van der Waals surface area contributed by atoms with Gasteiger partial charge in [0.2, 0.25) is 12.3 Å². The third kappa shape index (κ3) is 6.13. The van der Waals surface area contributed by atoms with Gasteiger partial charge in [0.15, 0.2) is 0 Å². The van der Waals surface area contributed by atoms with Crippen molar-refractivity contribution in [1.29, 1.82) is 0 Å². The van der Waals surface area contributed by atoms with Crippen molar-refractivity contribution in [3.8, 4) is 0 Å². The highest BCUT2D eigenvalue weighted by Gasteiger charge is 2.09. The summed E-state index contributed by atoms with van der Waals surface area (Å²) in [4.78, 5) is 25.4. The lowest BCUT2D eigenvalue weighted by atomic mass is 10.0. The van der Waals surface area contributed by atoms with Crippen molar-refractivity contribution in [3.05, 3.63) is 29.6 Å². The van der Waals surface area contributed by atoms with E-state index in [2.05, 4.69) is 10.3 Å². The topological polar surface area (TPSA) is 59.1 Å². The Morgan fingerprint density at radius 1 is 1.44 bits per heavy atom. The zero-order chi connectivity index (χ0) is 14.0. The summed E-state index contributed by atoms with van der Waals surface area (Å²) in [5.41, 5.74) is 2.10. The van der Waals surface area contributed by atoms with E-state index in [1.54, 1.807) is 0 Å². The van der Waals surface area contributed by atoms with Gasteiger partial charge in [0.25, 0.3) is 0 Å². The van der Waals surface area contributed by atoms with E-state index in [1.807, 2.05) is 46.0 Å². The van der Waals surface area contributed by atoms with E-state index in [4.69, 9.17) is 0 Å². The predicted octanol–water partition coefficient (Wildman–Crippen LogP) is 2.57. The normalized spacial score (nSPS) is 10.9. The summed E-state index contributed by atoms with van der Waals surface area (Å²) >= 11 is 0. The van der Waals surface area contributed by atoms with E-state index < -0.39 is 0 Å². The summed E-state index contributed by atoms with van der Waals surface area (Å²) in [5.74, 6) is -0.0213. The fraction of sp³-hybridized carbons (Fsp3) is 0.500. The molecule has 1 N–H and O–H groups in total. The number of pyridine rings is 1. The average Bonchev–Trinajstić information content (AvgIpc) is 2.39. The van der Waals surface area contributed by atoms with Crippen molar-refractivity contribution in [2.45, 2.75) is 46.5 Å². The smallest absolute Gasteiger partial charge is 0.226 e. The summed E-state index contributed by atoms with van der Waals surface area (Å²) < 4.78 is 0. The van der Waals surface area contributed by atoms with Gasteiger partial charge in [-0.1, -0.05) is 26.8 Å². The number of nitrogens with one attached hydrogen (secondary N) is 1. The molecule has 18 heavy (non-hydrogen) atoms. The fourth-order valence-corrected chi connectivity index (χ4v) is 1.40. The fourth-order valence-electron chi connectivity index (χ4n) is 1.40. The van der Waals surface area contributed by atoms with Gasteiger partial charge < -0.3 is 0 Å². The number of nitrogens with zero attached hydrogens (tertiary/aromatic N) is 1. The number of hydrogen-bond acceptors (Lipinski definition) is 3. The van der Waals surface area contributed by atoms with E-state index in [0.29, 0.717) is 19.3 Å². The first-order valence-corrected chi connectivity index (χ1v) is 6.29. The summed E-state index contributed by atoms with van der Waals surface area (Å²) in [5, 5.41) is 2.12. The molecule has 0 bridgehead atoms. The van der Waals surface area contributed by atoms with Crippen molar-refractivity contribution in [3.63, 3.8) is 0 Å². The maximum atomic E-state index is 11.1. The summed E-state index contributed by atoms with van der Waals surface area (Å²) in [6, 6.07) is 3.97. The van der Waals surface area contributed by atoms with Crippen molar-refractivity contribution >= 4 is 12.3 Å². The molecule has 1 rings (SSSR count). The first-order chi connectivity index (χ1) is 8.63. The lowest BCUT2D eigenvalue weighted by molar-refractivity contribution is -0.125. The molecule has 1 atom stereocenters. The number of carbonyl (C=O) groups is 2. The van der Waals surface area contributed by atoms with E-state index >= 15 is 0 Å². The molecule has 0 radical (unpaired) electrons.